The SMILES string of the molecule is COc1cccc(/C=C/C(=O)Nc2cccc(CNC(=O)CCNC(=O)OC(C)(C)C)c2)c1. The van der Waals surface area contributed by atoms with Crippen LogP contribution >= 0.6 is 0 Å². The molecule has 0 spiro atoms. The lowest BCUT2D eigenvalue weighted by atomic mass is 10.2. The summed E-state index contributed by atoms with van der Waals surface area (Å²) in [6.45, 7) is 5.79. The Morgan fingerprint density at radius 1 is 1.00 bits per heavy atom. The lowest BCUT2D eigenvalue weighted by Gasteiger charge is -2.19. The number of rotatable bonds is 9. The van der Waals surface area contributed by atoms with Crippen molar-refractivity contribution in [1.82, 2.24) is 10.6 Å². The summed E-state index contributed by atoms with van der Waals surface area (Å²) in [7, 11) is 1.59. The molecule has 0 atom stereocenters. The van der Waals surface area contributed by atoms with Crippen LogP contribution in [0.2, 0.25) is 0 Å². The number of alkyl carbamates (subject to hydrolysis) is 1. The first-order valence-corrected chi connectivity index (χ1v) is 10.6. The van der Waals surface area contributed by atoms with Crippen LogP contribution in [0.3, 0.4) is 0 Å². The van der Waals surface area contributed by atoms with E-state index in [2.05, 4.69) is 16.0 Å². The molecule has 3 N–H and O–H groups in total. The zero-order chi connectivity index (χ0) is 24.3. The number of ether oxygens (including phenoxy) is 2. The monoisotopic (exact) mass is 453 g/mol. The topological polar surface area (TPSA) is 106 Å². The maximum absolute atomic E-state index is 12.2. The van der Waals surface area contributed by atoms with E-state index < -0.39 is 11.7 Å². The predicted molar refractivity (Wildman–Crippen MR) is 128 cm³/mol. The molecule has 8 nitrogen and oxygen atoms in total. The van der Waals surface area contributed by atoms with Gasteiger partial charge in [0.2, 0.25) is 11.8 Å². The quantitative estimate of drug-likeness (QED) is 0.500. The van der Waals surface area contributed by atoms with Gasteiger partial charge in [-0.2, -0.15) is 0 Å². The average molecular weight is 454 g/mol. The molecule has 2 aromatic rings. The van der Waals surface area contributed by atoms with E-state index in [9.17, 15) is 14.4 Å². The Morgan fingerprint density at radius 2 is 1.76 bits per heavy atom. The summed E-state index contributed by atoms with van der Waals surface area (Å²) >= 11 is 0. The van der Waals surface area contributed by atoms with E-state index in [0.717, 1.165) is 11.1 Å². The molecule has 0 bridgehead atoms. The fraction of sp³-hybridized carbons (Fsp3) is 0.320. The van der Waals surface area contributed by atoms with E-state index in [-0.39, 0.29) is 24.8 Å². The van der Waals surface area contributed by atoms with E-state index in [4.69, 9.17) is 9.47 Å². The van der Waals surface area contributed by atoms with Crippen molar-refractivity contribution in [1.29, 1.82) is 0 Å². The molecule has 0 aliphatic carbocycles. The van der Waals surface area contributed by atoms with Gasteiger partial charge in [-0.1, -0.05) is 24.3 Å². The second-order valence-corrected chi connectivity index (χ2v) is 8.25. The number of nitrogens with one attached hydrogen (secondary N) is 3. The fourth-order valence-corrected chi connectivity index (χ4v) is 2.74. The molecule has 33 heavy (non-hydrogen) atoms. The molecular weight excluding hydrogens is 422 g/mol. The Labute approximate surface area is 194 Å². The number of carbonyl (C=O) groups excluding carboxylic acids is 3. The number of anilines is 1. The highest BCUT2D eigenvalue weighted by atomic mass is 16.6. The summed E-state index contributed by atoms with van der Waals surface area (Å²) in [5.41, 5.74) is 1.71. The van der Waals surface area contributed by atoms with Crippen molar-refractivity contribution in [3.05, 3.63) is 65.7 Å². The lowest BCUT2D eigenvalue weighted by Crippen LogP contribution is -2.35. The van der Waals surface area contributed by atoms with Crippen molar-refractivity contribution in [2.75, 3.05) is 19.0 Å². The third-order valence-corrected chi connectivity index (χ3v) is 4.23. The number of hydrogen-bond acceptors (Lipinski definition) is 5. The molecule has 2 aromatic carbocycles. The fourth-order valence-electron chi connectivity index (χ4n) is 2.74. The van der Waals surface area contributed by atoms with Crippen LogP contribution < -0.4 is 20.7 Å². The number of methoxy groups -OCH3 is 1. The van der Waals surface area contributed by atoms with Crippen molar-refractivity contribution >= 4 is 29.7 Å². The summed E-state index contributed by atoms with van der Waals surface area (Å²) < 4.78 is 10.3. The van der Waals surface area contributed by atoms with Crippen LogP contribution in [-0.4, -0.2) is 37.2 Å². The van der Waals surface area contributed by atoms with Gasteiger partial charge in [-0.3, -0.25) is 9.59 Å². The van der Waals surface area contributed by atoms with Crippen molar-refractivity contribution in [3.8, 4) is 5.75 Å². The van der Waals surface area contributed by atoms with Crippen LogP contribution in [0, 0.1) is 0 Å². The molecule has 0 heterocycles. The van der Waals surface area contributed by atoms with Crippen molar-refractivity contribution in [3.63, 3.8) is 0 Å². The van der Waals surface area contributed by atoms with E-state index >= 15 is 0 Å². The van der Waals surface area contributed by atoms with Gasteiger partial charge in [0.05, 0.1) is 7.11 Å². The minimum Gasteiger partial charge on any atom is -0.497 e. The summed E-state index contributed by atoms with van der Waals surface area (Å²) in [4.78, 5) is 35.8. The lowest BCUT2D eigenvalue weighted by molar-refractivity contribution is -0.121. The highest BCUT2D eigenvalue weighted by Gasteiger charge is 2.15. The number of hydrogen-bond donors (Lipinski definition) is 3. The van der Waals surface area contributed by atoms with Crippen LogP contribution in [0.25, 0.3) is 6.08 Å². The minimum atomic E-state index is -0.586. The highest BCUT2D eigenvalue weighted by molar-refractivity contribution is 6.02. The van der Waals surface area contributed by atoms with Crippen molar-refractivity contribution in [2.45, 2.75) is 39.3 Å². The molecule has 0 aliphatic rings. The summed E-state index contributed by atoms with van der Waals surface area (Å²) in [5.74, 6) is 0.238. The second-order valence-electron chi connectivity index (χ2n) is 8.25. The molecule has 0 saturated heterocycles. The van der Waals surface area contributed by atoms with E-state index in [1.165, 1.54) is 6.08 Å². The van der Waals surface area contributed by atoms with Gasteiger partial charge in [0.15, 0.2) is 0 Å². The maximum Gasteiger partial charge on any atom is 0.407 e. The smallest absolute Gasteiger partial charge is 0.407 e. The zero-order valence-electron chi connectivity index (χ0n) is 19.4. The van der Waals surface area contributed by atoms with Crippen LogP contribution in [0.15, 0.2) is 54.6 Å². The van der Waals surface area contributed by atoms with Crippen molar-refractivity contribution in [2.24, 2.45) is 0 Å². The maximum atomic E-state index is 12.2. The molecular formula is C25H31N3O5. The van der Waals surface area contributed by atoms with Crippen LogP contribution in [0.5, 0.6) is 5.75 Å². The molecule has 0 aromatic heterocycles. The van der Waals surface area contributed by atoms with E-state index in [1.807, 2.05) is 30.3 Å². The number of carbonyl (C=O) groups is 3. The van der Waals surface area contributed by atoms with Gasteiger partial charge in [0, 0.05) is 31.3 Å². The molecule has 0 fully saturated rings. The Bertz CT molecular complexity index is 996. The van der Waals surface area contributed by atoms with Gasteiger partial charge in [0.1, 0.15) is 11.4 Å². The van der Waals surface area contributed by atoms with Gasteiger partial charge in [-0.05, 0) is 62.2 Å². The van der Waals surface area contributed by atoms with Crippen LogP contribution in [-0.2, 0) is 20.9 Å². The normalized spacial score (nSPS) is 11.0. The third-order valence-electron chi connectivity index (χ3n) is 4.23. The Morgan fingerprint density at radius 3 is 2.48 bits per heavy atom. The van der Waals surface area contributed by atoms with Crippen molar-refractivity contribution < 1.29 is 23.9 Å². The van der Waals surface area contributed by atoms with E-state index in [0.29, 0.717) is 18.0 Å². The molecule has 176 valence electrons. The first kappa shape index (κ1) is 25.5. The Balaban J connectivity index is 1.78. The molecule has 3 amide bonds. The highest BCUT2D eigenvalue weighted by Crippen LogP contribution is 2.14. The minimum absolute atomic E-state index is 0.130. The number of amides is 3. The molecule has 0 unspecified atom stereocenters. The van der Waals surface area contributed by atoms with Crippen LogP contribution in [0.4, 0.5) is 10.5 Å². The Hall–Kier alpha value is -3.81. The summed E-state index contributed by atoms with van der Waals surface area (Å²) in [6, 6.07) is 14.6. The molecule has 2 rings (SSSR count). The molecule has 0 aliphatic heterocycles. The van der Waals surface area contributed by atoms with Crippen LogP contribution in [0.1, 0.15) is 38.3 Å². The van der Waals surface area contributed by atoms with E-state index in [1.54, 1.807) is 52.2 Å². The average Bonchev–Trinajstić information content (AvgIpc) is 2.75. The molecule has 0 saturated carbocycles. The number of benzene rings is 2. The first-order chi connectivity index (χ1) is 15.6. The second kappa shape index (κ2) is 12.3. The first-order valence-electron chi connectivity index (χ1n) is 10.6. The molecule has 0 radical (unpaired) electrons. The van der Waals surface area contributed by atoms with Gasteiger partial charge >= 0.3 is 6.09 Å². The van der Waals surface area contributed by atoms with Gasteiger partial charge in [-0.25, -0.2) is 4.79 Å². The molecule has 8 heteroatoms. The predicted octanol–water partition coefficient (Wildman–Crippen LogP) is 3.88. The standard InChI is InChI=1S/C25H31N3O5/c1-25(2,3)33-24(31)26-14-13-22(29)27-17-19-8-5-9-20(15-19)28-23(30)12-11-18-7-6-10-21(16-18)32-4/h5-12,15-16H,13-14,17H2,1-4H3,(H,26,31)(H,27,29)(H,28,30)/b12-11+. The summed E-state index contributed by atoms with van der Waals surface area (Å²) in [6.07, 6.45) is 2.72. The largest absolute Gasteiger partial charge is 0.497 e. The van der Waals surface area contributed by atoms with Gasteiger partial charge in [-0.15, -0.1) is 0 Å². The zero-order valence-corrected chi connectivity index (χ0v) is 19.4. The Kier molecular flexibility index (Phi) is 9.47. The van der Waals surface area contributed by atoms with Gasteiger partial charge in [0.25, 0.3) is 0 Å². The summed E-state index contributed by atoms with van der Waals surface area (Å²) in [5, 5.41) is 8.14. The third kappa shape index (κ3) is 10.4. The van der Waals surface area contributed by atoms with Gasteiger partial charge < -0.3 is 25.4 Å².